The first-order valence-corrected chi connectivity index (χ1v) is 11.1. The lowest BCUT2D eigenvalue weighted by Crippen LogP contribution is -2.51. The molecule has 0 aromatic carbocycles. The van der Waals surface area contributed by atoms with Crippen LogP contribution in [0.5, 0.6) is 0 Å². The van der Waals surface area contributed by atoms with Gasteiger partial charge in [0.1, 0.15) is 4.21 Å². The van der Waals surface area contributed by atoms with Crippen LogP contribution in [-0.2, 0) is 31.5 Å². The number of rotatable bonds is 6. The average Bonchev–Trinajstić information content (AvgIpc) is 2.93. The van der Waals surface area contributed by atoms with Crippen molar-refractivity contribution < 1.29 is 21.6 Å². The smallest absolute Gasteiger partial charge is 0.279 e. The summed E-state index contributed by atoms with van der Waals surface area (Å²) in [6, 6.07) is 3.11. The van der Waals surface area contributed by atoms with Crippen LogP contribution < -0.4 is 4.72 Å². The van der Waals surface area contributed by atoms with Crippen molar-refractivity contribution in [2.24, 2.45) is 0 Å². The van der Waals surface area contributed by atoms with Crippen LogP contribution in [0.25, 0.3) is 0 Å². The van der Waals surface area contributed by atoms with E-state index in [1.807, 2.05) is 13.8 Å². The monoisotopic (exact) mass is 397 g/mol. The summed E-state index contributed by atoms with van der Waals surface area (Å²) in [5.74, 6) is 0. The number of hydrogen-bond acceptors (Lipinski definition) is 6. The molecule has 1 saturated heterocycles. The van der Waals surface area contributed by atoms with Gasteiger partial charge in [-0.2, -0.15) is 17.4 Å². The number of hydrogen-bond donors (Lipinski definition) is 1. The number of ether oxygens (including phenoxy) is 1. The first-order valence-electron chi connectivity index (χ1n) is 7.44. The Morgan fingerprint density at radius 3 is 2.33 bits per heavy atom. The van der Waals surface area contributed by atoms with E-state index in [0.29, 0.717) is 18.0 Å². The quantitative estimate of drug-likeness (QED) is 0.752. The Kier molecular flexibility index (Phi) is 6.06. The fraction of sp³-hybridized carbons (Fsp3) is 0.692. The molecule has 2 atom stereocenters. The summed E-state index contributed by atoms with van der Waals surface area (Å²) in [5.41, 5.74) is 0. The highest BCUT2D eigenvalue weighted by atomic mass is 32.2. The minimum Gasteiger partial charge on any atom is -0.373 e. The lowest BCUT2D eigenvalue weighted by Gasteiger charge is -2.34. The van der Waals surface area contributed by atoms with Crippen molar-refractivity contribution >= 4 is 31.6 Å². The summed E-state index contributed by atoms with van der Waals surface area (Å²) in [7, 11) is -4.22. The van der Waals surface area contributed by atoms with E-state index in [4.69, 9.17) is 4.74 Å². The molecule has 0 radical (unpaired) electrons. The Morgan fingerprint density at radius 2 is 1.79 bits per heavy atom. The number of nitrogens with one attached hydrogen (secondary N) is 1. The largest absolute Gasteiger partial charge is 0.373 e. The van der Waals surface area contributed by atoms with Crippen molar-refractivity contribution in [1.29, 1.82) is 0 Å². The third-order valence-electron chi connectivity index (χ3n) is 3.53. The summed E-state index contributed by atoms with van der Waals surface area (Å²) in [6.07, 6.45) is -0.326. The van der Waals surface area contributed by atoms with Crippen molar-refractivity contribution in [2.45, 2.75) is 36.8 Å². The fourth-order valence-electron chi connectivity index (χ4n) is 2.35. The molecule has 24 heavy (non-hydrogen) atoms. The predicted molar refractivity (Wildman–Crippen MR) is 92.5 cm³/mol. The van der Waals surface area contributed by atoms with E-state index in [1.54, 1.807) is 6.07 Å². The highest BCUT2D eigenvalue weighted by molar-refractivity contribution is 7.91. The van der Waals surface area contributed by atoms with Gasteiger partial charge >= 0.3 is 0 Å². The maximum absolute atomic E-state index is 12.4. The predicted octanol–water partition coefficient (Wildman–Crippen LogP) is 0.442. The summed E-state index contributed by atoms with van der Waals surface area (Å²) in [6.45, 7) is 4.30. The van der Waals surface area contributed by atoms with E-state index in [-0.39, 0.29) is 23.0 Å². The first-order chi connectivity index (χ1) is 11.0. The third-order valence-corrected chi connectivity index (χ3v) is 8.38. The van der Waals surface area contributed by atoms with E-state index in [9.17, 15) is 16.8 Å². The third kappa shape index (κ3) is 4.54. The number of sulfonamides is 1. The maximum Gasteiger partial charge on any atom is 0.279 e. The number of nitrogens with zero attached hydrogens (tertiary/aromatic N) is 2. The zero-order valence-electron chi connectivity index (χ0n) is 14.1. The molecule has 1 aliphatic rings. The van der Waals surface area contributed by atoms with E-state index < -0.39 is 20.2 Å². The van der Waals surface area contributed by atoms with Crippen LogP contribution in [-0.4, -0.2) is 64.8 Å². The average molecular weight is 398 g/mol. The van der Waals surface area contributed by atoms with E-state index in [1.165, 1.54) is 24.5 Å². The summed E-state index contributed by atoms with van der Waals surface area (Å²) in [4.78, 5) is 0.633. The highest BCUT2D eigenvalue weighted by Crippen LogP contribution is 2.24. The second-order valence-corrected chi connectivity index (χ2v) is 11.2. The fourth-order valence-corrected chi connectivity index (χ4v) is 6.24. The second-order valence-electron chi connectivity index (χ2n) is 5.91. The van der Waals surface area contributed by atoms with Gasteiger partial charge in [-0.1, -0.05) is 0 Å². The van der Waals surface area contributed by atoms with Crippen LogP contribution in [0.4, 0.5) is 0 Å². The molecule has 8 nitrogen and oxygen atoms in total. The zero-order valence-corrected chi connectivity index (χ0v) is 16.5. The number of morpholine rings is 1. The number of thiophene rings is 1. The van der Waals surface area contributed by atoms with Gasteiger partial charge in [-0.05, 0) is 26.0 Å². The topological polar surface area (TPSA) is 96.0 Å². The summed E-state index contributed by atoms with van der Waals surface area (Å²) < 4.78 is 59.6. The Balaban J connectivity index is 2.04. The molecule has 0 spiro atoms. The van der Waals surface area contributed by atoms with Gasteiger partial charge in [-0.3, -0.25) is 0 Å². The van der Waals surface area contributed by atoms with Crippen LogP contribution in [0, 0.1) is 0 Å². The van der Waals surface area contributed by atoms with E-state index >= 15 is 0 Å². The van der Waals surface area contributed by atoms with Crippen molar-refractivity contribution in [3.63, 3.8) is 0 Å². The van der Waals surface area contributed by atoms with E-state index in [2.05, 4.69) is 4.72 Å². The van der Waals surface area contributed by atoms with Crippen LogP contribution in [0.15, 0.2) is 16.3 Å². The van der Waals surface area contributed by atoms with Gasteiger partial charge in [0.2, 0.25) is 0 Å². The first kappa shape index (κ1) is 19.8. The Labute approximate surface area is 147 Å². The van der Waals surface area contributed by atoms with Gasteiger partial charge in [0.15, 0.2) is 0 Å². The SMILES string of the molecule is C[C@@H]1CN(S(=O)(=O)NCc2ccc(S(=O)(=O)N(C)C)s2)C[C@@H](C)O1. The van der Waals surface area contributed by atoms with Gasteiger partial charge in [-0.15, -0.1) is 11.3 Å². The van der Waals surface area contributed by atoms with Crippen molar-refractivity contribution in [3.05, 3.63) is 17.0 Å². The molecule has 1 N–H and O–H groups in total. The lowest BCUT2D eigenvalue weighted by atomic mass is 10.3. The second kappa shape index (κ2) is 7.36. The molecule has 0 aliphatic carbocycles. The molecule has 1 fully saturated rings. The molecule has 138 valence electrons. The standard InChI is InChI=1S/C13H23N3O5S3/c1-10-8-16(9-11(2)21-10)24(19,20)14-7-12-5-6-13(22-12)23(17,18)15(3)4/h5-6,10-11,14H,7-9H2,1-4H3/t10-,11-/m1/s1. The van der Waals surface area contributed by atoms with Crippen LogP contribution >= 0.6 is 11.3 Å². The Hall–Kier alpha value is -0.560. The normalized spacial score (nSPS) is 23.7. The van der Waals surface area contributed by atoms with Crippen LogP contribution in [0.2, 0.25) is 0 Å². The van der Waals surface area contributed by atoms with Crippen LogP contribution in [0.3, 0.4) is 0 Å². The molecular weight excluding hydrogens is 374 g/mol. The van der Waals surface area contributed by atoms with Crippen LogP contribution in [0.1, 0.15) is 18.7 Å². The van der Waals surface area contributed by atoms with Crippen molar-refractivity contribution in [3.8, 4) is 0 Å². The highest BCUT2D eigenvalue weighted by Gasteiger charge is 2.31. The van der Waals surface area contributed by atoms with Gasteiger partial charge in [0.05, 0.1) is 12.2 Å². The van der Waals surface area contributed by atoms with Gasteiger partial charge in [-0.25, -0.2) is 12.7 Å². The molecule has 0 saturated carbocycles. The molecule has 2 heterocycles. The molecule has 1 aromatic rings. The van der Waals surface area contributed by atoms with E-state index in [0.717, 1.165) is 15.6 Å². The molecule has 0 bridgehead atoms. The van der Waals surface area contributed by atoms with Gasteiger partial charge in [0.25, 0.3) is 20.2 Å². The minimum absolute atomic E-state index is 0.0517. The summed E-state index contributed by atoms with van der Waals surface area (Å²) >= 11 is 1.06. The Morgan fingerprint density at radius 1 is 1.21 bits per heavy atom. The molecule has 0 amide bonds. The molecule has 0 unspecified atom stereocenters. The molecule has 1 aromatic heterocycles. The van der Waals surface area contributed by atoms with Crippen molar-refractivity contribution in [2.75, 3.05) is 27.2 Å². The maximum atomic E-state index is 12.4. The molecule has 11 heteroatoms. The Bertz CT molecular complexity index is 763. The summed E-state index contributed by atoms with van der Waals surface area (Å²) in [5, 5.41) is 0. The zero-order chi connectivity index (χ0) is 18.1. The van der Waals surface area contributed by atoms with Gasteiger partial charge < -0.3 is 4.74 Å². The lowest BCUT2D eigenvalue weighted by molar-refractivity contribution is -0.0444. The minimum atomic E-state index is -3.64. The van der Waals surface area contributed by atoms with Gasteiger partial charge in [0, 0.05) is 38.6 Å². The molecule has 2 rings (SSSR count). The molecular formula is C13H23N3O5S3. The molecule has 1 aliphatic heterocycles. The van der Waals surface area contributed by atoms with Crippen molar-refractivity contribution in [1.82, 2.24) is 13.3 Å².